The van der Waals surface area contributed by atoms with Crippen LogP contribution in [0.1, 0.15) is 25.0 Å². The Balaban J connectivity index is 2.56. The minimum Gasteiger partial charge on any atom is -0.468 e. The van der Waals surface area contributed by atoms with Crippen LogP contribution in [0.15, 0.2) is 30.5 Å². The summed E-state index contributed by atoms with van der Waals surface area (Å²) < 4.78 is 4.85. The molecule has 0 aliphatic heterocycles. The fraction of sp³-hybridized carbons (Fsp3) is 0.333. The number of methoxy groups -OCH3 is 1. The van der Waals surface area contributed by atoms with Gasteiger partial charge in [-0.05, 0) is 50.1 Å². The molecule has 3 nitrogen and oxygen atoms in total. The Hall–Kier alpha value is -1.90. The minimum atomic E-state index is -0.646. The molecule has 3 heteroatoms. The summed E-state index contributed by atoms with van der Waals surface area (Å²) in [5, 5.41) is 1.05. The number of nitrogens with zero attached hydrogens (tertiary/aromatic N) is 1. The van der Waals surface area contributed by atoms with Crippen LogP contribution in [-0.2, 0) is 14.9 Å². The van der Waals surface area contributed by atoms with Crippen LogP contribution in [0.4, 0.5) is 0 Å². The summed E-state index contributed by atoms with van der Waals surface area (Å²) in [7, 11) is 1.41. The van der Waals surface area contributed by atoms with Crippen LogP contribution in [0.5, 0.6) is 0 Å². The Labute approximate surface area is 107 Å². The van der Waals surface area contributed by atoms with Crippen LogP contribution >= 0.6 is 0 Å². The smallest absolute Gasteiger partial charge is 0.315 e. The summed E-state index contributed by atoms with van der Waals surface area (Å²) in [6.07, 6.45) is 1.84. The van der Waals surface area contributed by atoms with Gasteiger partial charge >= 0.3 is 5.97 Å². The number of esters is 1. The Morgan fingerprint density at radius 1 is 1.28 bits per heavy atom. The number of hydrogen-bond donors (Lipinski definition) is 0. The van der Waals surface area contributed by atoms with Gasteiger partial charge in [-0.2, -0.15) is 0 Å². The van der Waals surface area contributed by atoms with Crippen molar-refractivity contribution in [2.45, 2.75) is 26.2 Å². The van der Waals surface area contributed by atoms with E-state index in [0.717, 1.165) is 22.0 Å². The van der Waals surface area contributed by atoms with Gasteiger partial charge in [0.15, 0.2) is 0 Å². The molecule has 0 amide bonds. The number of hydrogen-bond acceptors (Lipinski definition) is 3. The van der Waals surface area contributed by atoms with Crippen molar-refractivity contribution < 1.29 is 9.53 Å². The number of pyridine rings is 1. The molecule has 0 saturated heterocycles. The van der Waals surface area contributed by atoms with Crippen molar-refractivity contribution in [1.82, 2.24) is 4.98 Å². The van der Waals surface area contributed by atoms with Gasteiger partial charge in [-0.25, -0.2) is 0 Å². The summed E-state index contributed by atoms with van der Waals surface area (Å²) in [5.41, 5.74) is 2.34. The molecule has 0 fully saturated rings. The van der Waals surface area contributed by atoms with E-state index in [0.29, 0.717) is 0 Å². The number of carbonyl (C=O) groups excluding carboxylic acids is 1. The molecular formula is C15H17NO2. The number of benzene rings is 1. The maximum Gasteiger partial charge on any atom is 0.315 e. The third-order valence-electron chi connectivity index (χ3n) is 3.24. The molecule has 1 heterocycles. The Morgan fingerprint density at radius 2 is 2.00 bits per heavy atom. The first kappa shape index (κ1) is 12.6. The maximum atomic E-state index is 11.8. The lowest BCUT2D eigenvalue weighted by Gasteiger charge is -2.22. The van der Waals surface area contributed by atoms with Crippen LogP contribution in [-0.4, -0.2) is 18.1 Å². The average Bonchev–Trinajstić information content (AvgIpc) is 2.36. The molecular weight excluding hydrogens is 226 g/mol. The van der Waals surface area contributed by atoms with Crippen molar-refractivity contribution in [3.05, 3.63) is 41.6 Å². The molecule has 0 N–H and O–H groups in total. The summed E-state index contributed by atoms with van der Waals surface area (Å²) in [6.45, 7) is 5.73. The van der Waals surface area contributed by atoms with E-state index in [2.05, 4.69) is 11.1 Å². The SMILES string of the molecule is COC(=O)C(C)(C)c1ccc2ncc(C)cc2c1. The second-order valence-electron chi connectivity index (χ2n) is 5.04. The van der Waals surface area contributed by atoms with Gasteiger partial charge in [0, 0.05) is 11.6 Å². The first-order valence-corrected chi connectivity index (χ1v) is 5.90. The lowest BCUT2D eigenvalue weighted by molar-refractivity contribution is -0.146. The lowest BCUT2D eigenvalue weighted by Crippen LogP contribution is -2.30. The number of fused-ring (bicyclic) bond motifs is 1. The number of rotatable bonds is 2. The van der Waals surface area contributed by atoms with E-state index < -0.39 is 5.41 Å². The van der Waals surface area contributed by atoms with Gasteiger partial charge in [0.2, 0.25) is 0 Å². The Morgan fingerprint density at radius 3 is 2.67 bits per heavy atom. The van der Waals surface area contributed by atoms with Crippen molar-refractivity contribution in [2.24, 2.45) is 0 Å². The van der Waals surface area contributed by atoms with E-state index in [4.69, 9.17) is 4.74 Å². The quantitative estimate of drug-likeness (QED) is 0.761. The minimum absolute atomic E-state index is 0.234. The molecule has 0 spiro atoms. The van der Waals surface area contributed by atoms with Gasteiger partial charge in [-0.3, -0.25) is 9.78 Å². The predicted octanol–water partition coefficient (Wildman–Crippen LogP) is 2.99. The highest BCUT2D eigenvalue weighted by Gasteiger charge is 2.30. The van der Waals surface area contributed by atoms with Crippen molar-refractivity contribution in [3.8, 4) is 0 Å². The van der Waals surface area contributed by atoms with E-state index >= 15 is 0 Å². The molecule has 0 aliphatic rings. The van der Waals surface area contributed by atoms with Crippen LogP contribution in [0.2, 0.25) is 0 Å². The van der Waals surface area contributed by atoms with Crippen LogP contribution in [0.25, 0.3) is 10.9 Å². The second-order valence-corrected chi connectivity index (χ2v) is 5.04. The van der Waals surface area contributed by atoms with E-state index in [9.17, 15) is 4.79 Å². The fourth-order valence-electron chi connectivity index (χ4n) is 2.00. The molecule has 0 atom stereocenters. The molecule has 1 aromatic heterocycles. The first-order valence-electron chi connectivity index (χ1n) is 5.90. The van der Waals surface area contributed by atoms with Crippen LogP contribution in [0, 0.1) is 6.92 Å². The zero-order valence-electron chi connectivity index (χ0n) is 11.2. The number of ether oxygens (including phenoxy) is 1. The van der Waals surface area contributed by atoms with Gasteiger partial charge < -0.3 is 4.74 Å². The average molecular weight is 243 g/mol. The molecule has 0 aliphatic carbocycles. The van der Waals surface area contributed by atoms with Crippen molar-refractivity contribution in [1.29, 1.82) is 0 Å². The van der Waals surface area contributed by atoms with Crippen LogP contribution < -0.4 is 0 Å². The van der Waals surface area contributed by atoms with Gasteiger partial charge in [0.1, 0.15) is 0 Å². The molecule has 2 aromatic rings. The topological polar surface area (TPSA) is 39.2 Å². The van der Waals surface area contributed by atoms with Crippen LogP contribution in [0.3, 0.4) is 0 Å². The van der Waals surface area contributed by atoms with Gasteiger partial charge in [-0.1, -0.05) is 6.07 Å². The molecule has 0 unspecified atom stereocenters. The summed E-state index contributed by atoms with van der Waals surface area (Å²) in [6, 6.07) is 7.95. The molecule has 0 saturated carbocycles. The highest BCUT2D eigenvalue weighted by atomic mass is 16.5. The van der Waals surface area contributed by atoms with E-state index in [-0.39, 0.29) is 5.97 Å². The maximum absolute atomic E-state index is 11.8. The van der Waals surface area contributed by atoms with Crippen molar-refractivity contribution in [2.75, 3.05) is 7.11 Å². The highest BCUT2D eigenvalue weighted by molar-refractivity contribution is 5.86. The Bertz CT molecular complexity index is 602. The fourth-order valence-corrected chi connectivity index (χ4v) is 2.00. The number of aryl methyl sites for hydroxylation is 1. The molecule has 94 valence electrons. The normalized spacial score (nSPS) is 11.6. The van der Waals surface area contributed by atoms with E-state index in [1.165, 1.54) is 7.11 Å². The monoisotopic (exact) mass is 243 g/mol. The second kappa shape index (κ2) is 4.41. The van der Waals surface area contributed by atoms with E-state index in [1.807, 2.05) is 45.2 Å². The molecule has 2 rings (SSSR count). The molecule has 0 radical (unpaired) electrons. The van der Waals surface area contributed by atoms with Crippen molar-refractivity contribution >= 4 is 16.9 Å². The number of aromatic nitrogens is 1. The van der Waals surface area contributed by atoms with Gasteiger partial charge in [0.05, 0.1) is 18.0 Å². The highest BCUT2D eigenvalue weighted by Crippen LogP contribution is 2.27. The zero-order chi connectivity index (χ0) is 13.3. The van der Waals surface area contributed by atoms with Gasteiger partial charge in [0.25, 0.3) is 0 Å². The summed E-state index contributed by atoms with van der Waals surface area (Å²) in [4.78, 5) is 16.2. The standard InChI is InChI=1S/C15H17NO2/c1-10-7-11-8-12(5-6-13(11)16-9-10)15(2,3)14(17)18-4/h5-9H,1-4H3. The molecule has 18 heavy (non-hydrogen) atoms. The predicted molar refractivity (Wildman–Crippen MR) is 71.5 cm³/mol. The largest absolute Gasteiger partial charge is 0.468 e. The van der Waals surface area contributed by atoms with E-state index in [1.54, 1.807) is 0 Å². The summed E-state index contributed by atoms with van der Waals surface area (Å²) in [5.74, 6) is -0.234. The molecule has 0 bridgehead atoms. The van der Waals surface area contributed by atoms with Crippen molar-refractivity contribution in [3.63, 3.8) is 0 Å². The van der Waals surface area contributed by atoms with Gasteiger partial charge in [-0.15, -0.1) is 0 Å². The first-order chi connectivity index (χ1) is 8.45. The third-order valence-corrected chi connectivity index (χ3v) is 3.24. The number of carbonyl (C=O) groups is 1. The zero-order valence-corrected chi connectivity index (χ0v) is 11.2. The summed E-state index contributed by atoms with van der Waals surface area (Å²) >= 11 is 0. The molecule has 1 aromatic carbocycles. The lowest BCUT2D eigenvalue weighted by atomic mass is 9.84. The third kappa shape index (κ3) is 2.08. The Kier molecular flexibility index (Phi) is 3.07.